The van der Waals surface area contributed by atoms with Gasteiger partial charge in [0.05, 0.1) is 5.69 Å². The highest BCUT2D eigenvalue weighted by Gasteiger charge is 2.36. The fourth-order valence-corrected chi connectivity index (χ4v) is 10.4. The summed E-state index contributed by atoms with van der Waals surface area (Å²) in [5, 5.41) is 4.58. The van der Waals surface area contributed by atoms with Crippen molar-refractivity contribution in [2.75, 3.05) is 16.3 Å². The van der Waals surface area contributed by atoms with Crippen molar-refractivity contribution in [3.8, 4) is 33.4 Å². The minimum absolute atomic E-state index is 0.149. The maximum atomic E-state index is 6.60. The van der Waals surface area contributed by atoms with E-state index >= 15 is 0 Å². The molecule has 1 aromatic heterocycles. The molecule has 0 spiro atoms. The number of hydrogen-bond donors (Lipinski definition) is 0. The van der Waals surface area contributed by atoms with E-state index in [0.717, 1.165) is 95.7 Å². The lowest BCUT2D eigenvalue weighted by Gasteiger charge is -2.29. The standard InChI is InChI=1S/C62H46N2O/c1-41-17-6-5-15-38-63(44-18-7-4-8-19-44)58-36-30-43(39-55(41)58)42-28-31-45(32-29-42)64(46-33-34-50-49-21-11-13-26-56(49)62(2,3)57(50)40-46)59-37-35-48(47-20-9-10-22-51(47)59)53-24-16-25-54-52-23-12-14-27-60(52)65-61(53)54/h4-37,39-40H,1,38H2,2-3H3/b15-5-,17-6-. The fourth-order valence-electron chi connectivity index (χ4n) is 10.4. The first-order valence-electron chi connectivity index (χ1n) is 22.5. The number of fused-ring (bicyclic) bond motifs is 8. The molecular weight excluding hydrogens is 789 g/mol. The number of allylic oxidation sites excluding steroid dienone is 4. The van der Waals surface area contributed by atoms with E-state index in [0.29, 0.717) is 0 Å². The second-order valence-electron chi connectivity index (χ2n) is 17.7. The number of hydrogen-bond acceptors (Lipinski definition) is 3. The highest BCUT2D eigenvalue weighted by molar-refractivity contribution is 6.14. The van der Waals surface area contributed by atoms with Crippen molar-refractivity contribution >= 4 is 66.7 Å². The van der Waals surface area contributed by atoms with Crippen LogP contribution >= 0.6 is 0 Å². The van der Waals surface area contributed by atoms with Gasteiger partial charge >= 0.3 is 0 Å². The Hall–Kier alpha value is -8.14. The van der Waals surface area contributed by atoms with Crippen molar-refractivity contribution in [1.82, 2.24) is 0 Å². The Balaban J connectivity index is 1.00. The second-order valence-corrected chi connectivity index (χ2v) is 17.7. The van der Waals surface area contributed by atoms with Crippen molar-refractivity contribution in [3.05, 3.63) is 242 Å². The molecular formula is C62H46N2O. The van der Waals surface area contributed by atoms with Gasteiger partial charge in [-0.2, -0.15) is 0 Å². The van der Waals surface area contributed by atoms with E-state index < -0.39 is 0 Å². The Morgan fingerprint density at radius 1 is 0.508 bits per heavy atom. The van der Waals surface area contributed by atoms with Crippen LogP contribution in [0.1, 0.15) is 30.5 Å². The molecule has 0 saturated carbocycles. The Kier molecular flexibility index (Phi) is 9.06. The van der Waals surface area contributed by atoms with Gasteiger partial charge in [0.25, 0.3) is 0 Å². The van der Waals surface area contributed by atoms with E-state index in [1.807, 2.05) is 6.07 Å². The minimum Gasteiger partial charge on any atom is -0.455 e. The number of para-hydroxylation sites is 3. The molecule has 9 aromatic carbocycles. The summed E-state index contributed by atoms with van der Waals surface area (Å²) in [6.07, 6.45) is 8.50. The van der Waals surface area contributed by atoms with Crippen LogP contribution in [0, 0.1) is 0 Å². The fraction of sp³-hybridized carbons (Fsp3) is 0.0645. The van der Waals surface area contributed by atoms with Crippen molar-refractivity contribution < 1.29 is 4.42 Å². The summed E-state index contributed by atoms with van der Waals surface area (Å²) in [5.41, 5.74) is 19.2. The molecule has 3 heteroatoms. The van der Waals surface area contributed by atoms with Crippen molar-refractivity contribution in [3.63, 3.8) is 0 Å². The first kappa shape index (κ1) is 38.5. The van der Waals surface area contributed by atoms with Gasteiger partial charge in [0, 0.05) is 62.0 Å². The van der Waals surface area contributed by atoms with Crippen LogP contribution in [0.3, 0.4) is 0 Å². The summed E-state index contributed by atoms with van der Waals surface area (Å²) in [7, 11) is 0. The molecule has 0 amide bonds. The molecule has 2 aliphatic rings. The molecule has 2 heterocycles. The largest absolute Gasteiger partial charge is 0.455 e. The number of rotatable bonds is 6. The lowest BCUT2D eigenvalue weighted by atomic mass is 9.82. The smallest absolute Gasteiger partial charge is 0.143 e. The maximum absolute atomic E-state index is 6.60. The zero-order valence-electron chi connectivity index (χ0n) is 36.5. The van der Waals surface area contributed by atoms with Crippen molar-refractivity contribution in [1.29, 1.82) is 0 Å². The number of furan rings is 1. The molecule has 12 rings (SSSR count). The number of nitrogens with zero attached hydrogens (tertiary/aromatic N) is 2. The monoisotopic (exact) mass is 834 g/mol. The zero-order valence-corrected chi connectivity index (χ0v) is 36.5. The Morgan fingerprint density at radius 3 is 2.05 bits per heavy atom. The van der Waals surface area contributed by atoms with Crippen LogP contribution < -0.4 is 9.80 Å². The molecule has 65 heavy (non-hydrogen) atoms. The summed E-state index contributed by atoms with van der Waals surface area (Å²) in [6, 6.07) is 70.6. The highest BCUT2D eigenvalue weighted by Crippen LogP contribution is 2.52. The highest BCUT2D eigenvalue weighted by atomic mass is 16.3. The van der Waals surface area contributed by atoms with Crippen molar-refractivity contribution in [2.24, 2.45) is 0 Å². The molecule has 0 unspecified atom stereocenters. The molecule has 1 aliphatic carbocycles. The van der Waals surface area contributed by atoms with E-state index in [1.54, 1.807) is 0 Å². The van der Waals surface area contributed by atoms with Gasteiger partial charge in [-0.25, -0.2) is 0 Å². The van der Waals surface area contributed by atoms with Gasteiger partial charge < -0.3 is 14.2 Å². The van der Waals surface area contributed by atoms with E-state index in [4.69, 9.17) is 4.42 Å². The lowest BCUT2D eigenvalue weighted by Crippen LogP contribution is -2.18. The molecule has 0 N–H and O–H groups in total. The van der Waals surface area contributed by atoms with Gasteiger partial charge in [-0.1, -0.05) is 178 Å². The Bertz CT molecular complexity index is 3570. The summed E-state index contributed by atoms with van der Waals surface area (Å²) in [5.74, 6) is 0. The van der Waals surface area contributed by atoms with E-state index in [-0.39, 0.29) is 5.41 Å². The molecule has 1 aliphatic heterocycles. The minimum atomic E-state index is -0.149. The predicted octanol–water partition coefficient (Wildman–Crippen LogP) is 17.1. The molecule has 0 bridgehead atoms. The predicted molar refractivity (Wildman–Crippen MR) is 275 cm³/mol. The third kappa shape index (κ3) is 6.34. The van der Waals surface area contributed by atoms with Crippen LogP contribution in [-0.4, -0.2) is 6.54 Å². The topological polar surface area (TPSA) is 19.6 Å². The summed E-state index contributed by atoms with van der Waals surface area (Å²) < 4.78 is 6.60. The first-order valence-corrected chi connectivity index (χ1v) is 22.5. The molecule has 0 saturated heterocycles. The SMILES string of the molecule is C=C1/C=C\C=C/CN(c2ccccc2)c2ccc(-c3ccc(N(c4ccc5c(c4)C(C)(C)c4ccccc4-5)c4ccc(-c5cccc6c5oc5ccccc56)c5ccccc45)cc3)cc21. The van der Waals surface area contributed by atoms with Crippen LogP contribution in [0.5, 0.6) is 0 Å². The normalized spacial score (nSPS) is 14.9. The van der Waals surface area contributed by atoms with Crippen molar-refractivity contribution in [2.45, 2.75) is 19.3 Å². The summed E-state index contributed by atoms with van der Waals surface area (Å²) in [4.78, 5) is 4.80. The van der Waals surface area contributed by atoms with E-state index in [2.05, 4.69) is 243 Å². The Morgan fingerprint density at radius 2 is 1.18 bits per heavy atom. The number of benzene rings is 9. The average Bonchev–Trinajstić information content (AvgIpc) is 3.87. The van der Waals surface area contributed by atoms with Crippen LogP contribution in [0.25, 0.3) is 71.7 Å². The second kappa shape index (κ2) is 15.3. The van der Waals surface area contributed by atoms with Crippen LogP contribution in [0.15, 0.2) is 229 Å². The van der Waals surface area contributed by atoms with Gasteiger partial charge in [0.15, 0.2) is 0 Å². The third-order valence-electron chi connectivity index (χ3n) is 13.7. The molecule has 310 valence electrons. The average molecular weight is 835 g/mol. The van der Waals surface area contributed by atoms with E-state index in [9.17, 15) is 0 Å². The first-order chi connectivity index (χ1) is 31.9. The summed E-state index contributed by atoms with van der Waals surface area (Å²) in [6.45, 7) is 10.00. The van der Waals surface area contributed by atoms with Gasteiger partial charge in [-0.05, 0) is 111 Å². The van der Waals surface area contributed by atoms with Gasteiger partial charge in [-0.15, -0.1) is 0 Å². The summed E-state index contributed by atoms with van der Waals surface area (Å²) >= 11 is 0. The molecule has 10 aromatic rings. The van der Waals surface area contributed by atoms with Crippen LogP contribution in [0.4, 0.5) is 28.4 Å². The van der Waals surface area contributed by atoms with Gasteiger partial charge in [-0.3, -0.25) is 0 Å². The third-order valence-corrected chi connectivity index (χ3v) is 13.7. The molecule has 0 atom stereocenters. The zero-order chi connectivity index (χ0) is 43.6. The number of anilines is 5. The molecule has 0 radical (unpaired) electrons. The Labute approximate surface area is 380 Å². The lowest BCUT2D eigenvalue weighted by molar-refractivity contribution is 0.660. The quantitative estimate of drug-likeness (QED) is 0.166. The molecule has 3 nitrogen and oxygen atoms in total. The molecule has 0 fully saturated rings. The van der Waals surface area contributed by atoms with Gasteiger partial charge in [0.1, 0.15) is 11.2 Å². The van der Waals surface area contributed by atoms with Crippen LogP contribution in [0.2, 0.25) is 0 Å². The van der Waals surface area contributed by atoms with Crippen LogP contribution in [-0.2, 0) is 5.41 Å². The maximum Gasteiger partial charge on any atom is 0.143 e. The van der Waals surface area contributed by atoms with E-state index in [1.165, 1.54) is 27.6 Å². The van der Waals surface area contributed by atoms with Gasteiger partial charge in [0.2, 0.25) is 0 Å².